The highest BCUT2D eigenvalue weighted by Gasteiger charge is 2.27. The second-order valence-electron chi connectivity index (χ2n) is 4.78. The van der Waals surface area contributed by atoms with E-state index in [0.717, 1.165) is 5.76 Å². The molecule has 0 fully saturated rings. The summed E-state index contributed by atoms with van der Waals surface area (Å²) in [5, 5.41) is 6.57. The summed E-state index contributed by atoms with van der Waals surface area (Å²) in [5.41, 5.74) is 1.46. The minimum atomic E-state index is 0.257. The Labute approximate surface area is 116 Å². The SMILES string of the molecule is C[C@H]1CC(N[C@H](C)c2ccco2)c2ccsc2S1. The van der Waals surface area contributed by atoms with Gasteiger partial charge in [-0.1, -0.05) is 6.92 Å². The first-order valence-corrected chi connectivity index (χ1v) is 8.03. The van der Waals surface area contributed by atoms with Crippen molar-refractivity contribution < 1.29 is 4.42 Å². The van der Waals surface area contributed by atoms with Crippen molar-refractivity contribution in [2.24, 2.45) is 0 Å². The Balaban J connectivity index is 1.78. The van der Waals surface area contributed by atoms with Gasteiger partial charge in [0.2, 0.25) is 0 Å². The molecule has 0 saturated heterocycles. The molecule has 0 radical (unpaired) electrons. The summed E-state index contributed by atoms with van der Waals surface area (Å²) in [7, 11) is 0. The van der Waals surface area contributed by atoms with Crippen LogP contribution in [-0.4, -0.2) is 5.25 Å². The van der Waals surface area contributed by atoms with Gasteiger partial charge >= 0.3 is 0 Å². The van der Waals surface area contributed by atoms with Crippen LogP contribution in [-0.2, 0) is 0 Å². The van der Waals surface area contributed by atoms with Crippen LogP contribution in [0.25, 0.3) is 0 Å². The molecular weight excluding hydrogens is 262 g/mol. The zero-order valence-electron chi connectivity index (χ0n) is 10.6. The zero-order valence-corrected chi connectivity index (χ0v) is 12.2. The van der Waals surface area contributed by atoms with Crippen molar-refractivity contribution in [2.45, 2.75) is 41.8 Å². The molecule has 0 bridgehead atoms. The quantitative estimate of drug-likeness (QED) is 0.887. The lowest BCUT2D eigenvalue weighted by atomic mass is 10.0. The van der Waals surface area contributed by atoms with Crippen LogP contribution in [0.2, 0.25) is 0 Å². The molecule has 2 aromatic rings. The molecule has 0 amide bonds. The van der Waals surface area contributed by atoms with Crippen molar-refractivity contribution in [3.63, 3.8) is 0 Å². The summed E-state index contributed by atoms with van der Waals surface area (Å²) in [5.74, 6) is 1.01. The van der Waals surface area contributed by atoms with Gasteiger partial charge in [-0.3, -0.25) is 0 Å². The molecule has 3 heterocycles. The fraction of sp³-hybridized carbons (Fsp3) is 0.429. The second kappa shape index (κ2) is 5.11. The average molecular weight is 279 g/mol. The molecule has 3 rings (SSSR count). The maximum absolute atomic E-state index is 5.47. The van der Waals surface area contributed by atoms with E-state index in [4.69, 9.17) is 4.42 Å². The van der Waals surface area contributed by atoms with E-state index in [1.165, 1.54) is 16.2 Å². The molecule has 0 spiro atoms. The minimum absolute atomic E-state index is 0.257. The van der Waals surface area contributed by atoms with Crippen molar-refractivity contribution in [2.75, 3.05) is 0 Å². The molecule has 3 atom stereocenters. The first-order chi connectivity index (χ1) is 8.74. The monoisotopic (exact) mass is 279 g/mol. The highest BCUT2D eigenvalue weighted by Crippen LogP contribution is 2.44. The lowest BCUT2D eigenvalue weighted by Gasteiger charge is -2.29. The van der Waals surface area contributed by atoms with E-state index < -0.39 is 0 Å². The van der Waals surface area contributed by atoms with Crippen LogP contribution < -0.4 is 5.32 Å². The lowest BCUT2D eigenvalue weighted by Crippen LogP contribution is -2.28. The fourth-order valence-electron chi connectivity index (χ4n) is 2.43. The minimum Gasteiger partial charge on any atom is -0.468 e. The molecule has 0 saturated carbocycles. The maximum Gasteiger partial charge on any atom is 0.120 e. The van der Waals surface area contributed by atoms with Gasteiger partial charge in [-0.05, 0) is 42.5 Å². The highest BCUT2D eigenvalue weighted by atomic mass is 32.2. The van der Waals surface area contributed by atoms with Crippen LogP contribution in [0.1, 0.15) is 43.7 Å². The summed E-state index contributed by atoms with van der Waals surface area (Å²) < 4.78 is 6.94. The van der Waals surface area contributed by atoms with Crippen LogP contribution in [0.3, 0.4) is 0 Å². The van der Waals surface area contributed by atoms with E-state index in [2.05, 4.69) is 30.6 Å². The third-order valence-electron chi connectivity index (χ3n) is 3.33. The molecule has 0 aromatic carbocycles. The van der Waals surface area contributed by atoms with Crippen molar-refractivity contribution in [1.29, 1.82) is 0 Å². The Hall–Kier alpha value is -0.710. The van der Waals surface area contributed by atoms with Crippen molar-refractivity contribution in [1.82, 2.24) is 5.32 Å². The highest BCUT2D eigenvalue weighted by molar-refractivity contribution is 8.01. The molecule has 2 aromatic heterocycles. The zero-order chi connectivity index (χ0) is 12.5. The second-order valence-corrected chi connectivity index (χ2v) is 7.41. The van der Waals surface area contributed by atoms with Crippen molar-refractivity contribution in [3.05, 3.63) is 41.2 Å². The molecule has 2 nitrogen and oxygen atoms in total. The van der Waals surface area contributed by atoms with Crippen molar-refractivity contribution in [3.8, 4) is 0 Å². The number of rotatable bonds is 3. The molecular formula is C14H17NOS2. The van der Waals surface area contributed by atoms with E-state index in [9.17, 15) is 0 Å². The smallest absolute Gasteiger partial charge is 0.120 e. The van der Waals surface area contributed by atoms with Crippen LogP contribution in [0, 0.1) is 0 Å². The summed E-state index contributed by atoms with van der Waals surface area (Å²) in [6, 6.07) is 6.94. The molecule has 1 aliphatic heterocycles. The van der Waals surface area contributed by atoms with Gasteiger partial charge in [-0.2, -0.15) is 0 Å². The first kappa shape index (κ1) is 12.3. The van der Waals surface area contributed by atoms with Crippen LogP contribution >= 0.6 is 23.1 Å². The van der Waals surface area contributed by atoms with Crippen LogP contribution in [0.4, 0.5) is 0 Å². The van der Waals surface area contributed by atoms with E-state index in [-0.39, 0.29) is 6.04 Å². The van der Waals surface area contributed by atoms with E-state index >= 15 is 0 Å². The molecule has 18 heavy (non-hydrogen) atoms. The Morgan fingerprint density at radius 2 is 2.33 bits per heavy atom. The number of hydrogen-bond acceptors (Lipinski definition) is 4. The third-order valence-corrected chi connectivity index (χ3v) is 5.67. The van der Waals surface area contributed by atoms with Gasteiger partial charge < -0.3 is 9.73 Å². The molecule has 1 aliphatic rings. The lowest BCUT2D eigenvalue weighted by molar-refractivity contribution is 0.377. The van der Waals surface area contributed by atoms with E-state index in [0.29, 0.717) is 11.3 Å². The number of hydrogen-bond donors (Lipinski definition) is 1. The first-order valence-electron chi connectivity index (χ1n) is 6.27. The Morgan fingerprint density at radius 1 is 1.44 bits per heavy atom. The maximum atomic E-state index is 5.47. The predicted molar refractivity (Wildman–Crippen MR) is 77.3 cm³/mol. The van der Waals surface area contributed by atoms with Crippen LogP contribution in [0.5, 0.6) is 0 Å². The predicted octanol–water partition coefficient (Wildman–Crippen LogP) is 4.62. The molecule has 4 heteroatoms. The molecule has 96 valence electrons. The third kappa shape index (κ3) is 2.37. The van der Waals surface area contributed by atoms with Gasteiger partial charge in [-0.15, -0.1) is 23.1 Å². The van der Waals surface area contributed by atoms with E-state index in [1.807, 2.05) is 35.2 Å². The summed E-state index contributed by atoms with van der Waals surface area (Å²) >= 11 is 3.86. The summed E-state index contributed by atoms with van der Waals surface area (Å²) in [6.07, 6.45) is 2.92. The normalized spacial score (nSPS) is 24.8. The van der Waals surface area contributed by atoms with Crippen molar-refractivity contribution >= 4 is 23.1 Å². The van der Waals surface area contributed by atoms with Gasteiger partial charge in [-0.25, -0.2) is 0 Å². The number of thiophene rings is 1. The topological polar surface area (TPSA) is 25.2 Å². The number of fused-ring (bicyclic) bond motifs is 1. The Morgan fingerprint density at radius 3 is 3.11 bits per heavy atom. The number of furan rings is 1. The summed E-state index contributed by atoms with van der Waals surface area (Å²) in [6.45, 7) is 4.47. The van der Waals surface area contributed by atoms with Gasteiger partial charge in [0.1, 0.15) is 5.76 Å². The van der Waals surface area contributed by atoms with Gasteiger partial charge in [0.25, 0.3) is 0 Å². The molecule has 0 aliphatic carbocycles. The fourth-order valence-corrected chi connectivity index (χ4v) is 5.00. The van der Waals surface area contributed by atoms with E-state index in [1.54, 1.807) is 6.26 Å². The van der Waals surface area contributed by atoms with Crippen LogP contribution in [0.15, 0.2) is 38.5 Å². The van der Waals surface area contributed by atoms with Gasteiger partial charge in [0.15, 0.2) is 0 Å². The molecule has 1 N–H and O–H groups in total. The number of thioether (sulfide) groups is 1. The number of nitrogens with one attached hydrogen (secondary N) is 1. The average Bonchev–Trinajstić information content (AvgIpc) is 2.98. The Bertz CT molecular complexity index is 506. The van der Waals surface area contributed by atoms with Gasteiger partial charge in [0.05, 0.1) is 16.5 Å². The van der Waals surface area contributed by atoms with Gasteiger partial charge in [0, 0.05) is 11.3 Å². The largest absolute Gasteiger partial charge is 0.468 e. The standard InChI is InChI=1S/C14H17NOS2/c1-9-8-12(11-5-7-17-14(11)18-9)15-10(2)13-4-3-6-16-13/h3-7,9-10,12,15H,8H2,1-2H3/t9-,10+,12?/m0/s1. The molecule has 1 unspecified atom stereocenters. The Kier molecular flexibility index (Phi) is 3.50. The summed E-state index contributed by atoms with van der Waals surface area (Å²) in [4.78, 5) is 0.